The molecule has 21 heavy (non-hydrogen) atoms. The Hall–Kier alpha value is -0.870. The Morgan fingerprint density at radius 3 is 2.62 bits per heavy atom. The molecule has 3 rings (SSSR count). The van der Waals surface area contributed by atoms with Crippen LogP contribution < -0.4 is 0 Å². The van der Waals surface area contributed by atoms with Gasteiger partial charge in [0.25, 0.3) is 0 Å². The number of pyridine rings is 1. The smallest absolute Gasteiger partial charge is 0.144 e. The quantitative estimate of drug-likeness (QED) is 0.740. The van der Waals surface area contributed by atoms with E-state index in [4.69, 9.17) is 4.40 Å². The Balaban J connectivity index is 2.05. The highest BCUT2D eigenvalue weighted by molar-refractivity contribution is 7.91. The molecule has 3 nitrogen and oxygen atoms in total. The van der Waals surface area contributed by atoms with Crippen molar-refractivity contribution in [2.24, 2.45) is 9.81 Å². The summed E-state index contributed by atoms with van der Waals surface area (Å²) in [4.78, 5) is 4.55. The van der Waals surface area contributed by atoms with Gasteiger partial charge in [0.15, 0.2) is 0 Å². The van der Waals surface area contributed by atoms with Gasteiger partial charge in [-0.2, -0.15) is 0 Å². The highest BCUT2D eigenvalue weighted by Crippen LogP contribution is 2.47. The van der Waals surface area contributed by atoms with Crippen molar-refractivity contribution in [1.82, 2.24) is 4.98 Å². The first-order valence-corrected chi connectivity index (χ1v) is 8.99. The molecule has 0 amide bonds. The van der Waals surface area contributed by atoms with Crippen molar-refractivity contribution < 1.29 is 4.55 Å². The third kappa shape index (κ3) is 2.76. The molecular weight excluding hydrogens is 280 g/mol. The van der Waals surface area contributed by atoms with E-state index in [1.165, 1.54) is 19.3 Å². The number of aromatic nitrogens is 1. The highest BCUT2D eigenvalue weighted by Gasteiger charge is 2.46. The lowest BCUT2D eigenvalue weighted by Crippen LogP contribution is -2.34. The van der Waals surface area contributed by atoms with Crippen LogP contribution in [0.2, 0.25) is 0 Å². The van der Waals surface area contributed by atoms with E-state index >= 15 is 0 Å². The van der Waals surface area contributed by atoms with Crippen LogP contribution in [0.4, 0.5) is 0 Å². The molecule has 1 atom stereocenters. The molecule has 1 heterocycles. The molecule has 0 saturated heterocycles. The van der Waals surface area contributed by atoms with Gasteiger partial charge in [-0.25, -0.2) is 0 Å². The fourth-order valence-electron chi connectivity index (χ4n) is 3.49. The highest BCUT2D eigenvalue weighted by atomic mass is 32.2. The summed E-state index contributed by atoms with van der Waals surface area (Å²) >= 11 is -1.20. The largest absolute Gasteiger partial charge is 0.591 e. The lowest BCUT2D eigenvalue weighted by atomic mass is 9.71. The average molecular weight is 304 g/mol. The summed E-state index contributed by atoms with van der Waals surface area (Å²) in [6.07, 6.45) is 8.95. The standard InChI is InChI=1S/C17H24N2OS/c1-16(2,3)21(20)19-15-13-8-7-11-18-14(13)12-17(15)9-5-4-6-10-17/h7-8,11H,4-6,9-10,12H2,1-3H3/b19-15+/t21-/m1/s1. The van der Waals surface area contributed by atoms with Gasteiger partial charge >= 0.3 is 0 Å². The molecule has 2 aliphatic rings. The summed E-state index contributed by atoms with van der Waals surface area (Å²) in [5.41, 5.74) is 3.44. The minimum Gasteiger partial charge on any atom is -0.591 e. The van der Waals surface area contributed by atoms with Crippen LogP contribution in [0.15, 0.2) is 22.7 Å². The molecular formula is C17H24N2OS. The average Bonchev–Trinajstić information content (AvgIpc) is 2.72. The van der Waals surface area contributed by atoms with Crippen LogP contribution >= 0.6 is 0 Å². The second kappa shape index (κ2) is 5.40. The van der Waals surface area contributed by atoms with Gasteiger partial charge in [-0.05, 0) is 45.7 Å². The Kier molecular flexibility index (Phi) is 3.87. The molecule has 1 aromatic heterocycles. The van der Waals surface area contributed by atoms with Crippen molar-refractivity contribution in [2.75, 3.05) is 0 Å². The van der Waals surface area contributed by atoms with Crippen molar-refractivity contribution in [2.45, 2.75) is 64.0 Å². The molecule has 0 bridgehead atoms. The minimum atomic E-state index is -1.20. The molecule has 0 N–H and O–H groups in total. The van der Waals surface area contributed by atoms with Crippen molar-refractivity contribution >= 4 is 17.1 Å². The van der Waals surface area contributed by atoms with E-state index < -0.39 is 11.4 Å². The van der Waals surface area contributed by atoms with Gasteiger partial charge in [-0.1, -0.05) is 23.7 Å². The van der Waals surface area contributed by atoms with E-state index in [9.17, 15) is 4.55 Å². The summed E-state index contributed by atoms with van der Waals surface area (Å²) < 4.78 is 17.0. The maximum absolute atomic E-state index is 12.6. The third-order valence-electron chi connectivity index (χ3n) is 4.66. The van der Waals surface area contributed by atoms with Gasteiger partial charge < -0.3 is 4.55 Å². The summed E-state index contributed by atoms with van der Waals surface area (Å²) in [5.74, 6) is 0. The second-order valence-corrected chi connectivity index (χ2v) is 9.22. The van der Waals surface area contributed by atoms with E-state index in [0.29, 0.717) is 0 Å². The number of hydrogen-bond donors (Lipinski definition) is 0. The van der Waals surface area contributed by atoms with Gasteiger partial charge in [0.1, 0.15) is 21.8 Å². The predicted molar refractivity (Wildman–Crippen MR) is 87.9 cm³/mol. The van der Waals surface area contributed by atoms with E-state index in [1.54, 1.807) is 0 Å². The molecule has 1 aromatic rings. The minimum absolute atomic E-state index is 0.0931. The molecule has 0 aliphatic heterocycles. The monoisotopic (exact) mass is 304 g/mol. The second-order valence-electron chi connectivity index (χ2n) is 7.32. The van der Waals surface area contributed by atoms with Gasteiger partial charge in [0.2, 0.25) is 0 Å². The number of rotatable bonds is 1. The number of fused-ring (bicyclic) bond motifs is 1. The van der Waals surface area contributed by atoms with Crippen LogP contribution in [0.3, 0.4) is 0 Å². The molecule has 0 aromatic carbocycles. The Labute approximate surface area is 130 Å². The van der Waals surface area contributed by atoms with E-state index in [2.05, 4.69) is 11.1 Å². The molecule has 2 aliphatic carbocycles. The molecule has 114 valence electrons. The fourth-order valence-corrected chi connectivity index (χ4v) is 4.22. The zero-order valence-electron chi connectivity index (χ0n) is 13.2. The van der Waals surface area contributed by atoms with Gasteiger partial charge in [-0.3, -0.25) is 4.98 Å². The molecule has 1 spiro atoms. The normalized spacial score (nSPS) is 24.3. The van der Waals surface area contributed by atoms with Crippen molar-refractivity contribution in [3.8, 4) is 0 Å². The Morgan fingerprint density at radius 1 is 1.24 bits per heavy atom. The van der Waals surface area contributed by atoms with E-state index in [0.717, 1.165) is 36.2 Å². The Morgan fingerprint density at radius 2 is 1.95 bits per heavy atom. The fraction of sp³-hybridized carbons (Fsp3) is 0.647. The summed E-state index contributed by atoms with van der Waals surface area (Å²) in [6.45, 7) is 5.96. The predicted octanol–water partition coefficient (Wildman–Crippen LogP) is 3.84. The topological polar surface area (TPSA) is 48.3 Å². The maximum Gasteiger partial charge on any atom is 0.144 e. The van der Waals surface area contributed by atoms with Crippen molar-refractivity contribution in [3.05, 3.63) is 29.6 Å². The first kappa shape index (κ1) is 15.0. The van der Waals surface area contributed by atoms with E-state index in [-0.39, 0.29) is 10.2 Å². The summed E-state index contributed by atoms with van der Waals surface area (Å²) in [5, 5.41) is 0. The summed E-state index contributed by atoms with van der Waals surface area (Å²) in [6, 6.07) is 4.07. The van der Waals surface area contributed by atoms with Gasteiger partial charge in [0.05, 0.1) is 5.69 Å². The molecule has 4 heteroatoms. The lowest BCUT2D eigenvalue weighted by molar-refractivity contribution is 0.289. The zero-order valence-corrected chi connectivity index (χ0v) is 14.0. The molecule has 1 saturated carbocycles. The molecule has 0 radical (unpaired) electrons. The van der Waals surface area contributed by atoms with Crippen LogP contribution in [0.25, 0.3) is 0 Å². The maximum atomic E-state index is 12.6. The van der Waals surface area contributed by atoms with Gasteiger partial charge in [0, 0.05) is 23.6 Å². The van der Waals surface area contributed by atoms with Gasteiger partial charge in [-0.15, -0.1) is 0 Å². The first-order valence-electron chi connectivity index (χ1n) is 7.88. The van der Waals surface area contributed by atoms with Crippen LogP contribution in [0, 0.1) is 5.41 Å². The summed E-state index contributed by atoms with van der Waals surface area (Å²) in [7, 11) is 0. The number of nitrogens with zero attached hydrogens (tertiary/aromatic N) is 2. The van der Waals surface area contributed by atoms with Crippen molar-refractivity contribution in [3.63, 3.8) is 0 Å². The lowest BCUT2D eigenvalue weighted by Gasteiger charge is -2.33. The van der Waals surface area contributed by atoms with Crippen LogP contribution in [-0.4, -0.2) is 20.0 Å². The SMILES string of the molecule is CC(C)(C)[S@@+]([O-])/N=C1\c2cccnc2CC12CCCCC2. The third-order valence-corrected chi connectivity index (χ3v) is 6.06. The Bertz CT molecular complexity index is 556. The molecule has 0 unspecified atom stereocenters. The first-order chi connectivity index (χ1) is 9.92. The van der Waals surface area contributed by atoms with Crippen LogP contribution in [0.1, 0.15) is 64.1 Å². The zero-order chi connectivity index (χ0) is 15.1. The van der Waals surface area contributed by atoms with Crippen molar-refractivity contribution in [1.29, 1.82) is 0 Å². The van der Waals surface area contributed by atoms with Crippen LogP contribution in [0.5, 0.6) is 0 Å². The van der Waals surface area contributed by atoms with E-state index in [1.807, 2.05) is 33.0 Å². The van der Waals surface area contributed by atoms with Crippen LogP contribution in [-0.2, 0) is 17.8 Å². The number of hydrogen-bond acceptors (Lipinski definition) is 3. The molecule has 1 fully saturated rings.